The van der Waals surface area contributed by atoms with Crippen LogP contribution in [0.5, 0.6) is 0 Å². The number of hydrogen-bond acceptors (Lipinski definition) is 0. The number of rotatable bonds is 4. The standard InChI is InChI=1S/C21H29F/c1-2-3-4-5-16-6-8-17(9-7-16)19-11-10-18-12-13-21(22)15-20(18)14-19/h2-3,12-13,15-17,19H,4-11,14H2,1H3/b3-2+. The first-order chi connectivity index (χ1) is 10.8. The summed E-state index contributed by atoms with van der Waals surface area (Å²) >= 11 is 0. The molecule has 120 valence electrons. The predicted octanol–water partition coefficient (Wildman–Crippen LogP) is 6.09. The monoisotopic (exact) mass is 300 g/mol. The number of aryl methyl sites for hydroxylation is 1. The number of fused-ring (bicyclic) bond motifs is 1. The second kappa shape index (κ2) is 7.44. The van der Waals surface area contributed by atoms with Crippen molar-refractivity contribution in [3.05, 3.63) is 47.3 Å². The number of halogens is 1. The highest BCUT2D eigenvalue weighted by atomic mass is 19.1. The van der Waals surface area contributed by atoms with Gasteiger partial charge in [0.1, 0.15) is 5.82 Å². The smallest absolute Gasteiger partial charge is 0.123 e. The molecule has 0 spiro atoms. The lowest BCUT2D eigenvalue weighted by molar-refractivity contribution is 0.185. The van der Waals surface area contributed by atoms with Gasteiger partial charge in [-0.05, 0) is 92.9 Å². The molecular weight excluding hydrogens is 271 g/mol. The van der Waals surface area contributed by atoms with E-state index in [4.69, 9.17) is 0 Å². The summed E-state index contributed by atoms with van der Waals surface area (Å²) < 4.78 is 13.5. The fourth-order valence-corrected chi connectivity index (χ4v) is 4.60. The molecule has 2 aliphatic rings. The van der Waals surface area contributed by atoms with Gasteiger partial charge in [-0.25, -0.2) is 4.39 Å². The topological polar surface area (TPSA) is 0 Å². The van der Waals surface area contributed by atoms with Crippen molar-refractivity contribution in [2.24, 2.45) is 17.8 Å². The van der Waals surface area contributed by atoms with Crippen LogP contribution in [0.2, 0.25) is 0 Å². The lowest BCUT2D eigenvalue weighted by Gasteiger charge is -2.36. The van der Waals surface area contributed by atoms with Gasteiger partial charge in [-0.2, -0.15) is 0 Å². The zero-order valence-electron chi connectivity index (χ0n) is 13.9. The SMILES string of the molecule is C/C=C/CCC1CCC(C2CCc3ccc(F)cc3C2)CC1. The molecule has 0 saturated heterocycles. The van der Waals surface area contributed by atoms with Gasteiger partial charge in [-0.3, -0.25) is 0 Å². The molecule has 0 aromatic heterocycles. The second-order valence-corrected chi connectivity index (χ2v) is 7.34. The minimum atomic E-state index is -0.0629. The van der Waals surface area contributed by atoms with Crippen molar-refractivity contribution < 1.29 is 4.39 Å². The first-order valence-corrected chi connectivity index (χ1v) is 9.14. The maximum absolute atomic E-state index is 13.5. The van der Waals surface area contributed by atoms with Crippen LogP contribution in [0, 0.1) is 23.6 Å². The fourth-order valence-electron chi connectivity index (χ4n) is 4.60. The lowest BCUT2D eigenvalue weighted by atomic mass is 9.69. The third-order valence-corrected chi connectivity index (χ3v) is 5.97. The Morgan fingerprint density at radius 3 is 2.64 bits per heavy atom. The predicted molar refractivity (Wildman–Crippen MR) is 91.4 cm³/mol. The van der Waals surface area contributed by atoms with Crippen LogP contribution in [0.1, 0.15) is 63.0 Å². The summed E-state index contributed by atoms with van der Waals surface area (Å²) in [5.41, 5.74) is 2.67. The molecule has 0 radical (unpaired) electrons. The maximum atomic E-state index is 13.5. The van der Waals surface area contributed by atoms with E-state index in [0.29, 0.717) is 0 Å². The minimum absolute atomic E-state index is 0.0629. The molecule has 2 aliphatic carbocycles. The van der Waals surface area contributed by atoms with Crippen LogP contribution in [0.3, 0.4) is 0 Å². The van der Waals surface area contributed by atoms with Gasteiger partial charge >= 0.3 is 0 Å². The van der Waals surface area contributed by atoms with Crippen molar-refractivity contribution in [3.63, 3.8) is 0 Å². The Morgan fingerprint density at radius 2 is 1.86 bits per heavy atom. The van der Waals surface area contributed by atoms with Crippen LogP contribution >= 0.6 is 0 Å². The normalized spacial score (nSPS) is 28.7. The van der Waals surface area contributed by atoms with E-state index < -0.39 is 0 Å². The van der Waals surface area contributed by atoms with E-state index in [-0.39, 0.29) is 5.82 Å². The Hall–Kier alpha value is -1.11. The summed E-state index contributed by atoms with van der Waals surface area (Å²) in [5.74, 6) is 2.56. The molecule has 22 heavy (non-hydrogen) atoms. The van der Waals surface area contributed by atoms with Crippen LogP contribution in [0.4, 0.5) is 4.39 Å². The van der Waals surface area contributed by atoms with E-state index >= 15 is 0 Å². The van der Waals surface area contributed by atoms with Gasteiger partial charge in [0.2, 0.25) is 0 Å². The highest BCUT2D eigenvalue weighted by Crippen LogP contribution is 2.40. The van der Waals surface area contributed by atoms with E-state index in [0.717, 1.165) is 30.6 Å². The highest BCUT2D eigenvalue weighted by Gasteiger charge is 2.30. The molecule has 0 bridgehead atoms. The molecule has 1 aromatic carbocycles. The minimum Gasteiger partial charge on any atom is -0.207 e. The number of hydrogen-bond donors (Lipinski definition) is 0. The Labute approximate surface area is 134 Å². The molecule has 1 atom stereocenters. The van der Waals surface area contributed by atoms with Gasteiger partial charge in [-0.15, -0.1) is 0 Å². The summed E-state index contributed by atoms with van der Waals surface area (Å²) in [6.07, 6.45) is 16.3. The third-order valence-electron chi connectivity index (χ3n) is 5.97. The van der Waals surface area contributed by atoms with Crippen molar-refractivity contribution in [2.75, 3.05) is 0 Å². The Bertz CT molecular complexity index is 509. The zero-order valence-corrected chi connectivity index (χ0v) is 13.9. The van der Waals surface area contributed by atoms with E-state index in [9.17, 15) is 4.39 Å². The molecule has 0 aliphatic heterocycles. The van der Waals surface area contributed by atoms with Crippen LogP contribution in [0.25, 0.3) is 0 Å². The van der Waals surface area contributed by atoms with Crippen molar-refractivity contribution in [3.8, 4) is 0 Å². The molecule has 1 aromatic rings. The van der Waals surface area contributed by atoms with E-state index in [1.807, 2.05) is 6.07 Å². The van der Waals surface area contributed by atoms with Gasteiger partial charge in [0.25, 0.3) is 0 Å². The molecule has 1 fully saturated rings. The van der Waals surface area contributed by atoms with Crippen LogP contribution in [0.15, 0.2) is 30.4 Å². The molecule has 0 N–H and O–H groups in total. The second-order valence-electron chi connectivity index (χ2n) is 7.34. The van der Waals surface area contributed by atoms with Crippen LogP contribution < -0.4 is 0 Å². The Kier molecular flexibility index (Phi) is 5.33. The Balaban J connectivity index is 1.52. The molecular formula is C21H29F. The molecule has 0 nitrogen and oxygen atoms in total. The van der Waals surface area contributed by atoms with Crippen molar-refractivity contribution in [1.82, 2.24) is 0 Å². The van der Waals surface area contributed by atoms with Crippen molar-refractivity contribution in [1.29, 1.82) is 0 Å². The molecule has 0 amide bonds. The first kappa shape index (κ1) is 15.8. The summed E-state index contributed by atoms with van der Waals surface area (Å²) in [7, 11) is 0. The number of benzene rings is 1. The fraction of sp³-hybridized carbons (Fsp3) is 0.619. The molecule has 1 heteroatoms. The first-order valence-electron chi connectivity index (χ1n) is 9.14. The zero-order chi connectivity index (χ0) is 15.4. The number of allylic oxidation sites excluding steroid dienone is 2. The average Bonchev–Trinajstić information content (AvgIpc) is 2.55. The quantitative estimate of drug-likeness (QED) is 0.590. The summed E-state index contributed by atoms with van der Waals surface area (Å²) in [6, 6.07) is 5.40. The van der Waals surface area contributed by atoms with Crippen LogP contribution in [-0.4, -0.2) is 0 Å². The summed E-state index contributed by atoms with van der Waals surface area (Å²) in [6.45, 7) is 2.11. The third kappa shape index (κ3) is 3.80. The summed E-state index contributed by atoms with van der Waals surface area (Å²) in [5, 5.41) is 0. The highest BCUT2D eigenvalue weighted by molar-refractivity contribution is 5.30. The Morgan fingerprint density at radius 1 is 1.05 bits per heavy atom. The molecule has 1 unspecified atom stereocenters. The van der Waals surface area contributed by atoms with E-state index in [1.165, 1.54) is 56.1 Å². The van der Waals surface area contributed by atoms with Crippen molar-refractivity contribution in [2.45, 2.75) is 64.7 Å². The lowest BCUT2D eigenvalue weighted by Crippen LogP contribution is -2.26. The van der Waals surface area contributed by atoms with Crippen LogP contribution in [-0.2, 0) is 12.8 Å². The molecule has 3 rings (SSSR count). The van der Waals surface area contributed by atoms with Gasteiger partial charge in [-0.1, -0.05) is 31.1 Å². The van der Waals surface area contributed by atoms with Gasteiger partial charge in [0.05, 0.1) is 0 Å². The van der Waals surface area contributed by atoms with Crippen molar-refractivity contribution >= 4 is 0 Å². The van der Waals surface area contributed by atoms with Gasteiger partial charge < -0.3 is 0 Å². The largest absolute Gasteiger partial charge is 0.207 e. The van der Waals surface area contributed by atoms with E-state index in [2.05, 4.69) is 19.1 Å². The van der Waals surface area contributed by atoms with Gasteiger partial charge in [0, 0.05) is 0 Å². The van der Waals surface area contributed by atoms with Gasteiger partial charge in [0.15, 0.2) is 0 Å². The average molecular weight is 300 g/mol. The summed E-state index contributed by atoms with van der Waals surface area (Å²) in [4.78, 5) is 0. The molecule has 1 saturated carbocycles. The maximum Gasteiger partial charge on any atom is 0.123 e. The van der Waals surface area contributed by atoms with E-state index in [1.54, 1.807) is 12.1 Å². The molecule has 0 heterocycles.